The van der Waals surface area contributed by atoms with E-state index >= 15 is 0 Å². The van der Waals surface area contributed by atoms with E-state index in [1.54, 1.807) is 0 Å². The fourth-order valence-corrected chi connectivity index (χ4v) is 7.78. The lowest BCUT2D eigenvalue weighted by molar-refractivity contribution is -0.167. The third-order valence-electron chi connectivity index (χ3n) is 12.1. The SMILES string of the molecule is CCCCCCCCCCCCCCCCCCCCCC(=O)OC[C@H](COC(=O)CCCCCCCCC(C)CC)OC(=O)CCCCCCCCCCC(C)C. The summed E-state index contributed by atoms with van der Waals surface area (Å²) in [7, 11) is 0. The molecule has 0 aliphatic rings. The Kier molecular flexibility index (Phi) is 43.7. The maximum Gasteiger partial charge on any atom is 0.306 e. The van der Waals surface area contributed by atoms with Crippen molar-refractivity contribution < 1.29 is 28.6 Å². The summed E-state index contributed by atoms with van der Waals surface area (Å²) in [4.78, 5) is 37.8. The minimum Gasteiger partial charge on any atom is -0.462 e. The molecule has 0 rings (SSSR count). The van der Waals surface area contributed by atoms with Crippen molar-refractivity contribution in [3.63, 3.8) is 0 Å². The highest BCUT2D eigenvalue weighted by atomic mass is 16.6. The number of unbranched alkanes of at least 4 members (excludes halogenated alkanes) is 30. The van der Waals surface area contributed by atoms with Crippen LogP contribution in [-0.4, -0.2) is 37.2 Å². The van der Waals surface area contributed by atoms with Gasteiger partial charge in [-0.15, -0.1) is 0 Å². The molecule has 0 heterocycles. The zero-order valence-electron chi connectivity index (χ0n) is 39.7. The van der Waals surface area contributed by atoms with Crippen molar-refractivity contribution in [2.45, 2.75) is 291 Å². The minimum absolute atomic E-state index is 0.0650. The van der Waals surface area contributed by atoms with Gasteiger partial charge in [0.15, 0.2) is 6.10 Å². The van der Waals surface area contributed by atoms with Crippen LogP contribution >= 0.6 is 0 Å². The topological polar surface area (TPSA) is 78.9 Å². The molecule has 58 heavy (non-hydrogen) atoms. The van der Waals surface area contributed by atoms with E-state index in [0.717, 1.165) is 69.6 Å². The van der Waals surface area contributed by atoms with Crippen LogP contribution in [0, 0.1) is 11.8 Å². The van der Waals surface area contributed by atoms with Gasteiger partial charge in [0.25, 0.3) is 0 Å². The van der Waals surface area contributed by atoms with E-state index in [4.69, 9.17) is 14.2 Å². The standard InChI is InChI=1S/C52H100O6/c1-6-8-9-10-11-12-13-14-15-16-17-18-19-20-21-22-26-32-37-42-50(53)56-45-49(46-57-51(54)43-38-33-29-28-31-36-41-48(5)7-2)58-52(55)44-39-34-27-24-23-25-30-35-40-47(3)4/h47-49H,6-46H2,1-5H3/t48?,49-/m1/s1. The van der Waals surface area contributed by atoms with Crippen molar-refractivity contribution in [2.24, 2.45) is 11.8 Å². The summed E-state index contributed by atoms with van der Waals surface area (Å²) in [5.41, 5.74) is 0. The Balaban J connectivity index is 4.23. The van der Waals surface area contributed by atoms with Crippen LogP contribution < -0.4 is 0 Å². The normalized spacial score (nSPS) is 12.5. The molecule has 0 aliphatic carbocycles. The van der Waals surface area contributed by atoms with E-state index in [2.05, 4.69) is 34.6 Å². The lowest BCUT2D eigenvalue weighted by atomic mass is 10.00. The van der Waals surface area contributed by atoms with Gasteiger partial charge in [-0.1, -0.05) is 247 Å². The van der Waals surface area contributed by atoms with Crippen molar-refractivity contribution in [3.8, 4) is 0 Å². The van der Waals surface area contributed by atoms with Crippen LogP contribution in [0.1, 0.15) is 285 Å². The van der Waals surface area contributed by atoms with Gasteiger partial charge < -0.3 is 14.2 Å². The minimum atomic E-state index is -0.762. The van der Waals surface area contributed by atoms with Gasteiger partial charge in [0.2, 0.25) is 0 Å². The van der Waals surface area contributed by atoms with Crippen LogP contribution in [0.4, 0.5) is 0 Å². The molecule has 344 valence electrons. The average Bonchev–Trinajstić information content (AvgIpc) is 3.21. The van der Waals surface area contributed by atoms with Crippen molar-refractivity contribution in [1.29, 1.82) is 0 Å². The van der Waals surface area contributed by atoms with E-state index < -0.39 is 6.10 Å². The monoisotopic (exact) mass is 821 g/mol. The number of carbonyl (C=O) groups excluding carboxylic acids is 3. The van der Waals surface area contributed by atoms with E-state index in [0.29, 0.717) is 19.3 Å². The molecule has 6 heteroatoms. The Morgan fingerprint density at radius 2 is 0.655 bits per heavy atom. The second-order valence-corrected chi connectivity index (χ2v) is 18.5. The fraction of sp³-hybridized carbons (Fsp3) is 0.942. The maximum atomic E-state index is 12.7. The van der Waals surface area contributed by atoms with Crippen LogP contribution in [-0.2, 0) is 28.6 Å². The van der Waals surface area contributed by atoms with Gasteiger partial charge in [0.1, 0.15) is 13.2 Å². The lowest BCUT2D eigenvalue weighted by Gasteiger charge is -2.18. The molecule has 0 saturated carbocycles. The largest absolute Gasteiger partial charge is 0.462 e. The molecule has 2 atom stereocenters. The highest BCUT2D eigenvalue weighted by molar-refractivity contribution is 5.71. The Hall–Kier alpha value is -1.59. The van der Waals surface area contributed by atoms with Gasteiger partial charge in [-0.2, -0.15) is 0 Å². The van der Waals surface area contributed by atoms with Crippen LogP contribution in [0.5, 0.6) is 0 Å². The summed E-state index contributed by atoms with van der Waals surface area (Å²) in [6, 6.07) is 0. The van der Waals surface area contributed by atoms with Crippen molar-refractivity contribution >= 4 is 17.9 Å². The van der Waals surface area contributed by atoms with Gasteiger partial charge in [-0.05, 0) is 31.1 Å². The van der Waals surface area contributed by atoms with Crippen molar-refractivity contribution in [3.05, 3.63) is 0 Å². The predicted molar refractivity (Wildman–Crippen MR) is 247 cm³/mol. The molecule has 0 bridgehead atoms. The Morgan fingerprint density at radius 3 is 0.983 bits per heavy atom. The highest BCUT2D eigenvalue weighted by Gasteiger charge is 2.19. The van der Waals surface area contributed by atoms with Gasteiger partial charge in [0, 0.05) is 19.3 Å². The van der Waals surface area contributed by atoms with Crippen molar-refractivity contribution in [2.75, 3.05) is 13.2 Å². The van der Waals surface area contributed by atoms with E-state index in [-0.39, 0.29) is 31.1 Å². The Labute approximate surface area is 361 Å². The molecule has 0 aliphatic heterocycles. The third-order valence-corrected chi connectivity index (χ3v) is 12.1. The number of carbonyl (C=O) groups is 3. The highest BCUT2D eigenvalue weighted by Crippen LogP contribution is 2.18. The van der Waals surface area contributed by atoms with Crippen LogP contribution in [0.2, 0.25) is 0 Å². The summed E-state index contributed by atoms with van der Waals surface area (Å²) >= 11 is 0. The molecule has 0 aromatic heterocycles. The number of hydrogen-bond donors (Lipinski definition) is 0. The summed E-state index contributed by atoms with van der Waals surface area (Å²) in [5.74, 6) is 0.752. The molecule has 6 nitrogen and oxygen atoms in total. The molecule has 1 unspecified atom stereocenters. The summed E-state index contributed by atoms with van der Waals surface area (Å²) in [6.45, 7) is 11.3. The first-order valence-corrected chi connectivity index (χ1v) is 25.8. The van der Waals surface area contributed by atoms with Gasteiger partial charge in [-0.3, -0.25) is 14.4 Å². The molecule has 0 aromatic rings. The Morgan fingerprint density at radius 1 is 0.362 bits per heavy atom. The molecule has 0 amide bonds. The maximum absolute atomic E-state index is 12.7. The second kappa shape index (κ2) is 44.9. The molecule has 0 aromatic carbocycles. The zero-order chi connectivity index (χ0) is 42.6. The molecule has 0 N–H and O–H groups in total. The average molecular weight is 821 g/mol. The zero-order valence-corrected chi connectivity index (χ0v) is 39.7. The van der Waals surface area contributed by atoms with E-state index in [9.17, 15) is 14.4 Å². The number of hydrogen-bond acceptors (Lipinski definition) is 6. The fourth-order valence-electron chi connectivity index (χ4n) is 7.78. The Bertz CT molecular complexity index is 887. The summed E-state index contributed by atoms with van der Waals surface area (Å²) in [5, 5.41) is 0. The number of rotatable bonds is 46. The van der Waals surface area contributed by atoms with E-state index in [1.807, 2.05) is 0 Å². The van der Waals surface area contributed by atoms with Crippen molar-refractivity contribution in [1.82, 2.24) is 0 Å². The predicted octanol–water partition coefficient (Wildman–Crippen LogP) is 16.5. The molecule has 0 spiro atoms. The summed E-state index contributed by atoms with van der Waals surface area (Å²) < 4.78 is 16.8. The van der Waals surface area contributed by atoms with E-state index in [1.165, 1.54) is 173 Å². The first-order chi connectivity index (χ1) is 28.3. The lowest BCUT2D eigenvalue weighted by Crippen LogP contribution is -2.30. The second-order valence-electron chi connectivity index (χ2n) is 18.5. The smallest absolute Gasteiger partial charge is 0.306 e. The van der Waals surface area contributed by atoms with Gasteiger partial charge >= 0.3 is 17.9 Å². The third kappa shape index (κ3) is 44.0. The van der Waals surface area contributed by atoms with Gasteiger partial charge in [0.05, 0.1) is 0 Å². The van der Waals surface area contributed by atoms with Crippen LogP contribution in [0.3, 0.4) is 0 Å². The van der Waals surface area contributed by atoms with Crippen LogP contribution in [0.15, 0.2) is 0 Å². The quantitative estimate of drug-likeness (QED) is 0.0346. The first kappa shape index (κ1) is 56.4. The van der Waals surface area contributed by atoms with Crippen LogP contribution in [0.25, 0.3) is 0 Å². The van der Waals surface area contributed by atoms with Gasteiger partial charge in [-0.25, -0.2) is 0 Å². The molecular weight excluding hydrogens is 721 g/mol. The number of esters is 3. The summed E-state index contributed by atoms with van der Waals surface area (Å²) in [6.07, 6.45) is 45.3. The molecule has 0 radical (unpaired) electrons. The molecular formula is C52H100O6. The molecule has 0 fully saturated rings. The molecule has 0 saturated heterocycles. The first-order valence-electron chi connectivity index (χ1n) is 25.8. The number of ether oxygens (including phenoxy) is 3.